The zero-order valence-electron chi connectivity index (χ0n) is 16.2. The Balaban J connectivity index is 1.33. The van der Waals surface area contributed by atoms with E-state index in [1.807, 2.05) is 6.92 Å². The largest absolute Gasteiger partial charge is 0.441 e. The van der Waals surface area contributed by atoms with Crippen LogP contribution in [-0.4, -0.2) is 34.7 Å². The Morgan fingerprint density at radius 1 is 1.22 bits per heavy atom. The second-order valence-corrected chi connectivity index (χ2v) is 10.2. The van der Waals surface area contributed by atoms with Gasteiger partial charge >= 0.3 is 0 Å². The molecule has 4 nitrogen and oxygen atoms in total. The van der Waals surface area contributed by atoms with Crippen LogP contribution < -0.4 is 0 Å². The maximum Gasteiger partial charge on any atom is 0.227 e. The van der Waals surface area contributed by atoms with Crippen molar-refractivity contribution in [1.29, 1.82) is 0 Å². The highest BCUT2D eigenvalue weighted by atomic mass is 32.1. The van der Waals surface area contributed by atoms with Gasteiger partial charge in [0.25, 0.3) is 0 Å². The van der Waals surface area contributed by atoms with Gasteiger partial charge in [-0.25, -0.2) is 4.98 Å². The molecule has 1 N–H and O–H groups in total. The molecule has 4 aliphatic rings. The van der Waals surface area contributed by atoms with Crippen molar-refractivity contribution in [2.24, 2.45) is 23.2 Å². The summed E-state index contributed by atoms with van der Waals surface area (Å²) in [5.74, 6) is 4.52. The third kappa shape index (κ3) is 3.50. The van der Waals surface area contributed by atoms with Gasteiger partial charge in [0.1, 0.15) is 5.76 Å². The summed E-state index contributed by atoms with van der Waals surface area (Å²) in [6.07, 6.45) is 8.64. The number of nitrogens with zero attached hydrogens (tertiary/aromatic N) is 2. The summed E-state index contributed by atoms with van der Waals surface area (Å²) in [5.41, 5.74) is 2.57. The van der Waals surface area contributed by atoms with Gasteiger partial charge in [0.2, 0.25) is 5.89 Å². The molecule has 0 unspecified atom stereocenters. The van der Waals surface area contributed by atoms with Gasteiger partial charge < -0.3 is 9.52 Å². The second kappa shape index (κ2) is 7.02. The van der Waals surface area contributed by atoms with Crippen LogP contribution in [0.3, 0.4) is 0 Å². The average Bonchev–Trinajstić information content (AvgIpc) is 3.24. The summed E-state index contributed by atoms with van der Waals surface area (Å²) >= 11 is 1.66. The molecule has 0 radical (unpaired) electrons. The van der Waals surface area contributed by atoms with Gasteiger partial charge in [0.05, 0.1) is 12.3 Å². The van der Waals surface area contributed by atoms with Crippen LogP contribution in [0.1, 0.15) is 50.0 Å². The molecule has 0 aliphatic heterocycles. The molecule has 2 aromatic heterocycles. The summed E-state index contributed by atoms with van der Waals surface area (Å²) in [5, 5.41) is 13.8. The average molecular weight is 387 g/mol. The van der Waals surface area contributed by atoms with Gasteiger partial charge in [-0.2, -0.15) is 11.3 Å². The van der Waals surface area contributed by atoms with Crippen molar-refractivity contribution in [3.8, 4) is 11.5 Å². The summed E-state index contributed by atoms with van der Waals surface area (Å²) in [7, 11) is 0. The first kappa shape index (κ1) is 17.9. The Morgan fingerprint density at radius 3 is 2.52 bits per heavy atom. The normalized spacial score (nSPS) is 31.9. The van der Waals surface area contributed by atoms with Gasteiger partial charge in [-0.05, 0) is 80.1 Å². The van der Waals surface area contributed by atoms with Gasteiger partial charge in [-0.3, -0.25) is 4.90 Å². The number of hydrogen-bond acceptors (Lipinski definition) is 5. The van der Waals surface area contributed by atoms with Crippen LogP contribution in [0.2, 0.25) is 0 Å². The monoisotopic (exact) mass is 386 g/mol. The van der Waals surface area contributed by atoms with Crippen molar-refractivity contribution in [1.82, 2.24) is 9.88 Å². The van der Waals surface area contributed by atoms with Crippen LogP contribution in [0, 0.1) is 30.1 Å². The molecule has 5 heteroatoms. The van der Waals surface area contributed by atoms with Crippen molar-refractivity contribution in [3.63, 3.8) is 0 Å². The molecule has 0 amide bonds. The number of rotatable bonds is 7. The van der Waals surface area contributed by atoms with Crippen molar-refractivity contribution in [3.05, 3.63) is 28.3 Å². The molecule has 0 spiro atoms. The van der Waals surface area contributed by atoms with Gasteiger partial charge in [-0.1, -0.05) is 0 Å². The molecule has 0 saturated heterocycles. The SMILES string of the molecule is Cc1oc(-c2ccsc2)nc1CN(CCO)CC12CC3CC(CC(C3)C1)C2. The minimum absolute atomic E-state index is 0.209. The highest BCUT2D eigenvalue weighted by molar-refractivity contribution is 7.08. The van der Waals surface area contributed by atoms with E-state index in [-0.39, 0.29) is 6.61 Å². The van der Waals surface area contributed by atoms with Crippen LogP contribution in [0.5, 0.6) is 0 Å². The number of aliphatic hydroxyl groups is 1. The lowest BCUT2D eigenvalue weighted by atomic mass is 9.49. The fraction of sp³-hybridized carbons (Fsp3) is 0.682. The molecule has 4 saturated carbocycles. The molecule has 2 heterocycles. The van der Waals surface area contributed by atoms with E-state index in [9.17, 15) is 5.11 Å². The molecular formula is C22H30N2O2S. The lowest BCUT2D eigenvalue weighted by molar-refractivity contribution is -0.0715. The minimum Gasteiger partial charge on any atom is -0.441 e. The minimum atomic E-state index is 0.209. The van der Waals surface area contributed by atoms with Crippen molar-refractivity contribution in [2.45, 2.75) is 52.0 Å². The van der Waals surface area contributed by atoms with E-state index in [1.54, 1.807) is 11.3 Å². The van der Waals surface area contributed by atoms with Gasteiger partial charge in [0.15, 0.2) is 0 Å². The van der Waals surface area contributed by atoms with Crippen molar-refractivity contribution in [2.75, 3.05) is 19.7 Å². The summed E-state index contributed by atoms with van der Waals surface area (Å²) < 4.78 is 5.94. The van der Waals surface area contributed by atoms with Crippen molar-refractivity contribution >= 4 is 11.3 Å². The molecule has 27 heavy (non-hydrogen) atoms. The van der Waals surface area contributed by atoms with E-state index >= 15 is 0 Å². The number of thiophene rings is 1. The molecule has 0 aromatic carbocycles. The zero-order valence-corrected chi connectivity index (χ0v) is 17.0. The highest BCUT2D eigenvalue weighted by Crippen LogP contribution is 2.60. The number of hydrogen-bond donors (Lipinski definition) is 1. The van der Waals surface area contributed by atoms with Crippen LogP contribution in [-0.2, 0) is 6.54 Å². The molecular weight excluding hydrogens is 356 g/mol. The molecule has 146 valence electrons. The first-order chi connectivity index (χ1) is 13.1. The summed E-state index contributed by atoms with van der Waals surface area (Å²) in [6, 6.07) is 2.06. The number of aryl methyl sites for hydroxylation is 1. The quantitative estimate of drug-likeness (QED) is 0.748. The summed E-state index contributed by atoms with van der Waals surface area (Å²) in [4.78, 5) is 7.23. The molecule has 4 bridgehead atoms. The van der Waals surface area contributed by atoms with E-state index in [0.717, 1.165) is 60.3 Å². The molecule has 4 fully saturated rings. The third-order valence-corrected chi connectivity index (χ3v) is 7.86. The smallest absolute Gasteiger partial charge is 0.227 e. The van der Waals surface area contributed by atoms with Gasteiger partial charge in [0, 0.05) is 30.6 Å². The fourth-order valence-corrected chi connectivity index (χ4v) is 7.24. The Morgan fingerprint density at radius 2 is 1.93 bits per heavy atom. The van der Waals surface area contributed by atoms with Crippen LogP contribution >= 0.6 is 11.3 Å². The van der Waals surface area contributed by atoms with Crippen molar-refractivity contribution < 1.29 is 9.52 Å². The van der Waals surface area contributed by atoms with Crippen LogP contribution in [0.15, 0.2) is 21.2 Å². The second-order valence-electron chi connectivity index (χ2n) is 9.39. The predicted molar refractivity (Wildman–Crippen MR) is 108 cm³/mol. The molecule has 0 atom stereocenters. The topological polar surface area (TPSA) is 49.5 Å². The fourth-order valence-electron chi connectivity index (χ4n) is 6.61. The Kier molecular flexibility index (Phi) is 4.65. The Bertz CT molecular complexity index is 747. The van der Waals surface area contributed by atoms with E-state index in [1.165, 1.54) is 38.5 Å². The number of aliphatic hydroxyl groups excluding tert-OH is 1. The zero-order chi connectivity index (χ0) is 18.4. The van der Waals surface area contributed by atoms with E-state index in [2.05, 4.69) is 21.7 Å². The van der Waals surface area contributed by atoms with Gasteiger partial charge in [-0.15, -0.1) is 0 Å². The molecule has 6 rings (SSSR count). The Hall–Kier alpha value is -1.17. The van der Waals surface area contributed by atoms with E-state index in [4.69, 9.17) is 9.40 Å². The predicted octanol–water partition coefficient (Wildman–Crippen LogP) is 4.72. The van der Waals surface area contributed by atoms with E-state index in [0.29, 0.717) is 5.41 Å². The van der Waals surface area contributed by atoms with Crippen LogP contribution in [0.25, 0.3) is 11.5 Å². The first-order valence-electron chi connectivity index (χ1n) is 10.4. The molecule has 4 aliphatic carbocycles. The summed E-state index contributed by atoms with van der Waals surface area (Å²) in [6.45, 7) is 4.83. The van der Waals surface area contributed by atoms with Crippen LogP contribution in [0.4, 0.5) is 0 Å². The standard InChI is InChI=1S/C22H30N2O2S/c1-15-20(23-21(26-15)19-2-5-27-13-19)12-24(3-4-25)14-22-9-16-6-17(10-22)8-18(7-16)11-22/h2,5,13,16-18,25H,3-4,6-12,14H2,1H3. The number of aromatic nitrogens is 1. The third-order valence-electron chi connectivity index (χ3n) is 7.17. The Labute approximate surface area is 165 Å². The first-order valence-corrected chi connectivity index (χ1v) is 11.4. The maximum absolute atomic E-state index is 9.67. The highest BCUT2D eigenvalue weighted by Gasteiger charge is 2.51. The maximum atomic E-state index is 9.67. The van der Waals surface area contributed by atoms with E-state index < -0.39 is 0 Å². The number of oxazole rings is 1. The lowest BCUT2D eigenvalue weighted by Crippen LogP contribution is -2.51. The lowest BCUT2D eigenvalue weighted by Gasteiger charge is -2.58. The molecule has 2 aromatic rings.